The first-order chi connectivity index (χ1) is 10.9. The minimum Gasteiger partial charge on any atom is -0.495 e. The quantitative estimate of drug-likeness (QED) is 0.793. The Morgan fingerprint density at radius 2 is 1.91 bits per heavy atom. The molecule has 0 aliphatic rings. The molecule has 120 valence electrons. The van der Waals surface area contributed by atoms with Crippen molar-refractivity contribution in [1.82, 2.24) is 4.98 Å². The van der Waals surface area contributed by atoms with E-state index >= 15 is 0 Å². The van der Waals surface area contributed by atoms with Gasteiger partial charge in [0.2, 0.25) is 0 Å². The number of ether oxygens (including phenoxy) is 1. The van der Waals surface area contributed by atoms with Crippen LogP contribution in [0.3, 0.4) is 0 Å². The highest BCUT2D eigenvalue weighted by atomic mass is 32.2. The summed E-state index contributed by atoms with van der Waals surface area (Å²) in [4.78, 5) is 4.28. The molecule has 0 bridgehead atoms. The fourth-order valence-electron chi connectivity index (χ4n) is 2.31. The average molecular weight is 332 g/mol. The van der Waals surface area contributed by atoms with Crippen LogP contribution < -0.4 is 9.46 Å². The van der Waals surface area contributed by atoms with E-state index in [2.05, 4.69) is 9.71 Å². The number of hydrogen-bond donors (Lipinski definition) is 1. The molecule has 0 unspecified atom stereocenters. The van der Waals surface area contributed by atoms with Crippen LogP contribution in [0.2, 0.25) is 0 Å². The van der Waals surface area contributed by atoms with Crippen LogP contribution in [0.15, 0.2) is 45.7 Å². The molecule has 0 atom stereocenters. The number of fused-ring (bicyclic) bond motifs is 1. The summed E-state index contributed by atoms with van der Waals surface area (Å²) in [6.45, 7) is 3.56. The highest BCUT2D eigenvalue weighted by Gasteiger charge is 2.20. The van der Waals surface area contributed by atoms with Crippen molar-refractivity contribution in [2.24, 2.45) is 0 Å². The second-order valence-corrected chi connectivity index (χ2v) is 6.83. The van der Waals surface area contributed by atoms with Gasteiger partial charge in [-0.15, -0.1) is 0 Å². The highest BCUT2D eigenvalue weighted by Crippen LogP contribution is 2.28. The Bertz CT molecular complexity index is 977. The third-order valence-electron chi connectivity index (χ3n) is 3.36. The predicted molar refractivity (Wildman–Crippen MR) is 87.3 cm³/mol. The molecule has 1 heterocycles. The molecule has 0 saturated heterocycles. The zero-order chi connectivity index (χ0) is 16.6. The third kappa shape index (κ3) is 3.00. The molecule has 2 aromatic carbocycles. The third-order valence-corrected chi connectivity index (χ3v) is 4.76. The highest BCUT2D eigenvalue weighted by molar-refractivity contribution is 7.92. The molecule has 0 amide bonds. The number of methoxy groups -OCH3 is 1. The molecule has 0 aliphatic carbocycles. The molecule has 0 fully saturated rings. The van der Waals surface area contributed by atoms with Gasteiger partial charge < -0.3 is 9.15 Å². The van der Waals surface area contributed by atoms with Crippen LogP contribution in [0.5, 0.6) is 5.75 Å². The molecule has 0 spiro atoms. The summed E-state index contributed by atoms with van der Waals surface area (Å²) in [6, 6.07) is 9.95. The lowest BCUT2D eigenvalue weighted by molar-refractivity contribution is 0.402. The van der Waals surface area contributed by atoms with Gasteiger partial charge in [0, 0.05) is 13.0 Å². The van der Waals surface area contributed by atoms with Gasteiger partial charge in [-0.3, -0.25) is 4.72 Å². The summed E-state index contributed by atoms with van der Waals surface area (Å²) >= 11 is 0. The average Bonchev–Trinajstić information content (AvgIpc) is 2.86. The van der Waals surface area contributed by atoms with Crippen molar-refractivity contribution in [3.63, 3.8) is 0 Å². The lowest BCUT2D eigenvalue weighted by Gasteiger charge is -2.12. The van der Waals surface area contributed by atoms with Gasteiger partial charge in [0.05, 0.1) is 12.8 Å². The zero-order valence-corrected chi connectivity index (χ0v) is 13.8. The van der Waals surface area contributed by atoms with Gasteiger partial charge in [-0.2, -0.15) is 0 Å². The van der Waals surface area contributed by atoms with Crippen molar-refractivity contribution in [2.75, 3.05) is 11.8 Å². The van der Waals surface area contributed by atoms with E-state index in [4.69, 9.17) is 9.15 Å². The van der Waals surface area contributed by atoms with Gasteiger partial charge in [0.1, 0.15) is 16.2 Å². The number of hydrogen-bond acceptors (Lipinski definition) is 5. The Hall–Kier alpha value is -2.54. The smallest absolute Gasteiger partial charge is 0.265 e. The lowest BCUT2D eigenvalue weighted by Crippen LogP contribution is -2.14. The molecule has 3 aromatic rings. The molecular formula is C16H16N2O4S. The fraction of sp³-hybridized carbons (Fsp3) is 0.188. The van der Waals surface area contributed by atoms with Crippen LogP contribution in [0.4, 0.5) is 5.69 Å². The summed E-state index contributed by atoms with van der Waals surface area (Å²) in [7, 11) is -2.34. The summed E-state index contributed by atoms with van der Waals surface area (Å²) in [5.41, 5.74) is 2.43. The molecular weight excluding hydrogens is 316 g/mol. The maximum absolute atomic E-state index is 12.6. The van der Waals surface area contributed by atoms with E-state index in [9.17, 15) is 8.42 Å². The van der Waals surface area contributed by atoms with Crippen molar-refractivity contribution in [3.05, 3.63) is 47.9 Å². The van der Waals surface area contributed by atoms with Crippen molar-refractivity contribution in [3.8, 4) is 5.75 Å². The van der Waals surface area contributed by atoms with Crippen LogP contribution >= 0.6 is 0 Å². The number of oxazole rings is 1. The second kappa shape index (κ2) is 5.58. The van der Waals surface area contributed by atoms with E-state index in [0.29, 0.717) is 28.4 Å². The van der Waals surface area contributed by atoms with Crippen LogP contribution in [0.25, 0.3) is 11.1 Å². The normalized spacial score (nSPS) is 11.6. The van der Waals surface area contributed by atoms with Gasteiger partial charge in [-0.1, -0.05) is 6.07 Å². The van der Waals surface area contributed by atoms with Gasteiger partial charge in [0.25, 0.3) is 10.0 Å². The monoisotopic (exact) mass is 332 g/mol. The number of aromatic nitrogens is 1. The standard InChI is InChI=1S/C16H16N2O4S/c1-10-4-7-14(21-3)16(8-10)23(19,20)18-12-5-6-13-15(9-12)22-11(2)17-13/h4-9,18H,1-3H3. The van der Waals surface area contributed by atoms with E-state index in [0.717, 1.165) is 5.56 Å². The van der Waals surface area contributed by atoms with Crippen LogP contribution in [-0.4, -0.2) is 20.5 Å². The van der Waals surface area contributed by atoms with E-state index in [1.165, 1.54) is 7.11 Å². The molecule has 0 aliphatic heterocycles. The Morgan fingerprint density at radius 3 is 2.65 bits per heavy atom. The van der Waals surface area contributed by atoms with Gasteiger partial charge in [0.15, 0.2) is 11.5 Å². The minimum absolute atomic E-state index is 0.0915. The van der Waals surface area contributed by atoms with E-state index in [-0.39, 0.29) is 4.90 Å². The lowest BCUT2D eigenvalue weighted by atomic mass is 10.2. The topological polar surface area (TPSA) is 81.4 Å². The van der Waals surface area contributed by atoms with Crippen LogP contribution in [0.1, 0.15) is 11.5 Å². The van der Waals surface area contributed by atoms with Crippen molar-refractivity contribution < 1.29 is 17.6 Å². The molecule has 7 heteroatoms. The molecule has 1 N–H and O–H groups in total. The predicted octanol–water partition coefficient (Wildman–Crippen LogP) is 3.25. The Balaban J connectivity index is 2.01. The first-order valence-corrected chi connectivity index (χ1v) is 8.42. The first kappa shape index (κ1) is 15.4. The molecule has 3 rings (SSSR count). The Morgan fingerprint density at radius 1 is 1.13 bits per heavy atom. The fourth-order valence-corrected chi connectivity index (χ4v) is 3.61. The van der Waals surface area contributed by atoms with Crippen molar-refractivity contribution >= 4 is 26.8 Å². The Labute approximate surface area is 134 Å². The minimum atomic E-state index is -3.78. The Kier molecular flexibility index (Phi) is 3.73. The summed E-state index contributed by atoms with van der Waals surface area (Å²) in [6.07, 6.45) is 0. The molecule has 6 nitrogen and oxygen atoms in total. The van der Waals surface area contributed by atoms with Crippen LogP contribution in [0, 0.1) is 13.8 Å². The second-order valence-electron chi connectivity index (χ2n) is 5.18. The van der Waals surface area contributed by atoms with E-state index in [1.807, 2.05) is 6.92 Å². The van der Waals surface area contributed by atoms with E-state index in [1.54, 1.807) is 43.3 Å². The van der Waals surface area contributed by atoms with Crippen LogP contribution in [-0.2, 0) is 10.0 Å². The zero-order valence-electron chi connectivity index (χ0n) is 13.0. The maximum atomic E-state index is 12.6. The number of anilines is 1. The van der Waals surface area contributed by atoms with Crippen molar-refractivity contribution in [1.29, 1.82) is 0 Å². The number of aryl methyl sites for hydroxylation is 2. The SMILES string of the molecule is COc1ccc(C)cc1S(=O)(=O)Nc1ccc2nc(C)oc2c1. The number of nitrogens with zero attached hydrogens (tertiary/aromatic N) is 1. The number of benzene rings is 2. The number of rotatable bonds is 4. The molecule has 23 heavy (non-hydrogen) atoms. The maximum Gasteiger partial charge on any atom is 0.265 e. The number of nitrogens with one attached hydrogen (secondary N) is 1. The largest absolute Gasteiger partial charge is 0.495 e. The molecule has 0 radical (unpaired) electrons. The van der Waals surface area contributed by atoms with Gasteiger partial charge >= 0.3 is 0 Å². The summed E-state index contributed by atoms with van der Waals surface area (Å²) < 4.78 is 38.4. The molecule has 1 aromatic heterocycles. The van der Waals surface area contributed by atoms with Crippen molar-refractivity contribution in [2.45, 2.75) is 18.7 Å². The number of sulfonamides is 1. The first-order valence-electron chi connectivity index (χ1n) is 6.94. The molecule has 0 saturated carbocycles. The van der Waals surface area contributed by atoms with E-state index < -0.39 is 10.0 Å². The van der Waals surface area contributed by atoms with Gasteiger partial charge in [-0.25, -0.2) is 13.4 Å². The van der Waals surface area contributed by atoms with Gasteiger partial charge in [-0.05, 0) is 36.8 Å². The summed E-state index contributed by atoms with van der Waals surface area (Å²) in [5.74, 6) is 0.819. The summed E-state index contributed by atoms with van der Waals surface area (Å²) in [5, 5.41) is 0.